The Labute approximate surface area is 113 Å². The number of hydrogen-bond donors (Lipinski definition) is 2. The molecule has 0 aliphatic carbocycles. The maximum absolute atomic E-state index is 11.8. The monoisotopic (exact) mass is 267 g/mol. The van der Waals surface area contributed by atoms with Gasteiger partial charge in [0.25, 0.3) is 5.91 Å². The van der Waals surface area contributed by atoms with Crippen LogP contribution < -0.4 is 10.6 Å². The summed E-state index contributed by atoms with van der Waals surface area (Å²) in [5.74, 6) is 0.356. The predicted octanol–water partition coefficient (Wildman–Crippen LogP) is -0.174. The first-order valence-corrected chi connectivity index (χ1v) is 6.13. The van der Waals surface area contributed by atoms with Gasteiger partial charge in [0.1, 0.15) is 11.5 Å². The largest absolute Gasteiger partial charge is 0.383 e. The molecule has 0 radical (unpaired) electrons. The Bertz CT molecular complexity index is 399. The van der Waals surface area contributed by atoms with Crippen LogP contribution >= 0.6 is 0 Å². The zero-order valence-electron chi connectivity index (χ0n) is 11.6. The van der Waals surface area contributed by atoms with Crippen molar-refractivity contribution < 1.29 is 9.53 Å². The fourth-order valence-corrected chi connectivity index (χ4v) is 1.41. The summed E-state index contributed by atoms with van der Waals surface area (Å²) in [6, 6.07) is 0. The van der Waals surface area contributed by atoms with Crippen LogP contribution in [0.2, 0.25) is 0 Å². The van der Waals surface area contributed by atoms with E-state index in [-0.39, 0.29) is 5.91 Å². The molecular formula is C12H21N5O2. The van der Waals surface area contributed by atoms with E-state index in [1.807, 2.05) is 7.05 Å². The molecule has 1 heterocycles. The predicted molar refractivity (Wildman–Crippen MR) is 73.3 cm³/mol. The summed E-state index contributed by atoms with van der Waals surface area (Å²) in [5.41, 5.74) is 0.311. The lowest BCUT2D eigenvalue weighted by Gasteiger charge is -2.16. The number of amides is 1. The van der Waals surface area contributed by atoms with Crippen LogP contribution in [0.15, 0.2) is 12.4 Å². The summed E-state index contributed by atoms with van der Waals surface area (Å²) in [6.45, 7) is 2.83. The third-order valence-electron chi connectivity index (χ3n) is 2.58. The first kappa shape index (κ1) is 15.3. The van der Waals surface area contributed by atoms with Gasteiger partial charge in [-0.3, -0.25) is 9.78 Å². The quantitative estimate of drug-likeness (QED) is 0.680. The van der Waals surface area contributed by atoms with Crippen LogP contribution in [0.3, 0.4) is 0 Å². The van der Waals surface area contributed by atoms with Gasteiger partial charge in [0.05, 0.1) is 19.0 Å². The summed E-state index contributed by atoms with van der Waals surface area (Å²) in [4.78, 5) is 22.0. The van der Waals surface area contributed by atoms with E-state index in [4.69, 9.17) is 4.74 Å². The zero-order valence-corrected chi connectivity index (χ0v) is 11.6. The van der Waals surface area contributed by atoms with Crippen molar-refractivity contribution in [1.29, 1.82) is 0 Å². The Morgan fingerprint density at radius 3 is 2.89 bits per heavy atom. The van der Waals surface area contributed by atoms with Gasteiger partial charge in [-0.25, -0.2) is 4.98 Å². The van der Waals surface area contributed by atoms with Crippen LogP contribution in [-0.4, -0.2) is 68.2 Å². The zero-order chi connectivity index (χ0) is 14.1. The van der Waals surface area contributed by atoms with Gasteiger partial charge >= 0.3 is 0 Å². The summed E-state index contributed by atoms with van der Waals surface area (Å²) in [6.07, 6.45) is 3.01. The number of nitrogens with one attached hydrogen (secondary N) is 2. The van der Waals surface area contributed by atoms with Crippen LogP contribution in [0.1, 0.15) is 10.5 Å². The van der Waals surface area contributed by atoms with Crippen LogP contribution in [0.25, 0.3) is 0 Å². The third kappa shape index (κ3) is 5.62. The van der Waals surface area contributed by atoms with E-state index < -0.39 is 0 Å². The highest BCUT2D eigenvalue weighted by molar-refractivity contribution is 5.92. The van der Waals surface area contributed by atoms with Gasteiger partial charge in [0.15, 0.2) is 0 Å². The standard InChI is InChI=1S/C12H21N5O2/c1-13-11-9-14-8-10(16-11)12(18)15-4-5-17(2)6-7-19-3/h8-9H,4-7H2,1-3H3,(H,13,16)(H,15,18). The van der Waals surface area contributed by atoms with Crippen LogP contribution in [0.5, 0.6) is 0 Å². The maximum atomic E-state index is 11.8. The number of aromatic nitrogens is 2. The van der Waals surface area contributed by atoms with E-state index in [1.54, 1.807) is 20.4 Å². The number of ether oxygens (including phenoxy) is 1. The average molecular weight is 267 g/mol. The number of anilines is 1. The number of rotatable bonds is 8. The van der Waals surface area contributed by atoms with Crippen molar-refractivity contribution in [3.8, 4) is 0 Å². The van der Waals surface area contributed by atoms with Crippen LogP contribution in [0.4, 0.5) is 5.82 Å². The second kappa shape index (κ2) is 8.39. The molecule has 1 aromatic heterocycles. The van der Waals surface area contributed by atoms with Gasteiger partial charge in [-0.1, -0.05) is 0 Å². The molecule has 0 saturated heterocycles. The summed E-state index contributed by atoms with van der Waals surface area (Å²) in [7, 11) is 5.38. The lowest BCUT2D eigenvalue weighted by Crippen LogP contribution is -2.34. The Hall–Kier alpha value is -1.73. The minimum Gasteiger partial charge on any atom is -0.383 e. The molecule has 7 heteroatoms. The average Bonchev–Trinajstić information content (AvgIpc) is 2.45. The number of carbonyl (C=O) groups is 1. The molecular weight excluding hydrogens is 246 g/mol. The van der Waals surface area contributed by atoms with E-state index in [0.29, 0.717) is 24.7 Å². The van der Waals surface area contributed by atoms with E-state index in [9.17, 15) is 4.79 Å². The third-order valence-corrected chi connectivity index (χ3v) is 2.58. The SMILES string of the molecule is CNc1cncc(C(=O)NCCN(C)CCOC)n1. The molecule has 0 aromatic carbocycles. The van der Waals surface area contributed by atoms with E-state index in [1.165, 1.54) is 6.20 Å². The van der Waals surface area contributed by atoms with Gasteiger partial charge in [-0.2, -0.15) is 0 Å². The Kier molecular flexibility index (Phi) is 6.76. The van der Waals surface area contributed by atoms with Crippen molar-refractivity contribution in [2.24, 2.45) is 0 Å². The number of likely N-dealkylation sites (N-methyl/N-ethyl adjacent to an activating group) is 1. The van der Waals surface area contributed by atoms with Gasteiger partial charge < -0.3 is 20.3 Å². The molecule has 0 aliphatic rings. The van der Waals surface area contributed by atoms with Crippen LogP contribution in [0, 0.1) is 0 Å². The van der Waals surface area contributed by atoms with E-state index in [2.05, 4.69) is 25.5 Å². The Morgan fingerprint density at radius 1 is 1.42 bits per heavy atom. The van der Waals surface area contributed by atoms with Gasteiger partial charge in [-0.15, -0.1) is 0 Å². The Balaban J connectivity index is 2.34. The molecule has 0 bridgehead atoms. The fraction of sp³-hybridized carbons (Fsp3) is 0.583. The fourth-order valence-electron chi connectivity index (χ4n) is 1.41. The summed E-state index contributed by atoms with van der Waals surface area (Å²) in [5, 5.41) is 5.65. The molecule has 0 spiro atoms. The molecule has 1 aromatic rings. The normalized spacial score (nSPS) is 10.5. The van der Waals surface area contributed by atoms with Gasteiger partial charge in [0, 0.05) is 33.8 Å². The highest BCUT2D eigenvalue weighted by Gasteiger charge is 2.08. The minimum absolute atomic E-state index is 0.218. The topological polar surface area (TPSA) is 79.4 Å². The lowest BCUT2D eigenvalue weighted by atomic mass is 10.4. The number of hydrogen-bond acceptors (Lipinski definition) is 6. The number of nitrogens with zero attached hydrogens (tertiary/aromatic N) is 3. The van der Waals surface area contributed by atoms with Crippen LogP contribution in [-0.2, 0) is 4.74 Å². The van der Waals surface area contributed by atoms with Crippen molar-refractivity contribution in [3.63, 3.8) is 0 Å². The van der Waals surface area contributed by atoms with E-state index >= 15 is 0 Å². The maximum Gasteiger partial charge on any atom is 0.271 e. The highest BCUT2D eigenvalue weighted by atomic mass is 16.5. The van der Waals surface area contributed by atoms with Gasteiger partial charge in [-0.05, 0) is 7.05 Å². The summed E-state index contributed by atoms with van der Waals surface area (Å²) >= 11 is 0. The molecule has 0 fully saturated rings. The van der Waals surface area contributed by atoms with Crippen molar-refractivity contribution in [1.82, 2.24) is 20.2 Å². The minimum atomic E-state index is -0.218. The molecule has 0 saturated carbocycles. The molecule has 7 nitrogen and oxygen atoms in total. The first-order chi connectivity index (χ1) is 9.17. The first-order valence-electron chi connectivity index (χ1n) is 6.13. The lowest BCUT2D eigenvalue weighted by molar-refractivity contribution is 0.0942. The second-order valence-corrected chi connectivity index (χ2v) is 4.09. The molecule has 0 atom stereocenters. The second-order valence-electron chi connectivity index (χ2n) is 4.09. The highest BCUT2D eigenvalue weighted by Crippen LogP contribution is 2.00. The smallest absolute Gasteiger partial charge is 0.271 e. The number of carbonyl (C=O) groups excluding carboxylic acids is 1. The Morgan fingerprint density at radius 2 is 2.21 bits per heavy atom. The molecule has 106 valence electrons. The molecule has 0 aliphatic heterocycles. The van der Waals surface area contributed by atoms with E-state index in [0.717, 1.165) is 13.1 Å². The van der Waals surface area contributed by atoms with Gasteiger partial charge in [0.2, 0.25) is 0 Å². The number of methoxy groups -OCH3 is 1. The molecule has 2 N–H and O–H groups in total. The van der Waals surface area contributed by atoms with Crippen molar-refractivity contribution in [2.75, 3.05) is 52.8 Å². The molecule has 1 rings (SSSR count). The van der Waals surface area contributed by atoms with Crippen molar-refractivity contribution >= 4 is 11.7 Å². The molecule has 0 unspecified atom stereocenters. The van der Waals surface area contributed by atoms with Crippen molar-refractivity contribution in [2.45, 2.75) is 0 Å². The van der Waals surface area contributed by atoms with Crippen molar-refractivity contribution in [3.05, 3.63) is 18.1 Å². The molecule has 1 amide bonds. The summed E-state index contributed by atoms with van der Waals surface area (Å²) < 4.78 is 4.98. The molecule has 19 heavy (non-hydrogen) atoms.